The number of nitriles is 1. The molecule has 16 heavy (non-hydrogen) atoms. The normalized spacial score (nSPS) is 20.2. The van der Waals surface area contributed by atoms with Gasteiger partial charge in [0.2, 0.25) is 0 Å². The minimum atomic E-state index is 0.266. The Morgan fingerprint density at radius 3 is 2.75 bits per heavy atom. The number of nitrogens with zero attached hydrogens (tertiary/aromatic N) is 4. The van der Waals surface area contributed by atoms with E-state index in [2.05, 4.69) is 16.4 Å². The van der Waals surface area contributed by atoms with E-state index in [-0.39, 0.29) is 6.04 Å². The molecular formula is C11H12N4O. The van der Waals surface area contributed by atoms with Gasteiger partial charge in [0.1, 0.15) is 6.73 Å². The molecule has 5 nitrogen and oxygen atoms in total. The van der Waals surface area contributed by atoms with E-state index in [9.17, 15) is 0 Å². The van der Waals surface area contributed by atoms with E-state index in [1.807, 2.05) is 6.92 Å². The van der Waals surface area contributed by atoms with Crippen molar-refractivity contribution >= 4 is 5.69 Å². The molecule has 0 N–H and O–H groups in total. The zero-order chi connectivity index (χ0) is 11.4. The maximum Gasteiger partial charge on any atom is 0.137 e. The quantitative estimate of drug-likeness (QED) is 0.712. The molecule has 1 fully saturated rings. The van der Waals surface area contributed by atoms with Crippen LogP contribution in [0.15, 0.2) is 34.6 Å². The van der Waals surface area contributed by atoms with Crippen LogP contribution in [0.2, 0.25) is 0 Å². The SMILES string of the molecule is C[C@H]1COCN1N=Nc1ccc(C#N)cc1. The fourth-order valence-corrected chi connectivity index (χ4v) is 1.36. The summed E-state index contributed by atoms with van der Waals surface area (Å²) in [4.78, 5) is 0. The second-order valence-corrected chi connectivity index (χ2v) is 3.64. The highest BCUT2D eigenvalue weighted by Crippen LogP contribution is 2.16. The lowest BCUT2D eigenvalue weighted by atomic mass is 10.2. The summed E-state index contributed by atoms with van der Waals surface area (Å²) in [6.45, 7) is 3.21. The molecule has 0 saturated carbocycles. The van der Waals surface area contributed by atoms with Gasteiger partial charge in [0.15, 0.2) is 0 Å². The fraction of sp³-hybridized carbons (Fsp3) is 0.364. The van der Waals surface area contributed by atoms with Crippen molar-refractivity contribution < 1.29 is 4.74 Å². The molecule has 82 valence electrons. The second-order valence-electron chi connectivity index (χ2n) is 3.64. The highest BCUT2D eigenvalue weighted by atomic mass is 16.5. The molecule has 0 aromatic heterocycles. The van der Waals surface area contributed by atoms with Crippen LogP contribution in [0.3, 0.4) is 0 Å². The molecule has 1 heterocycles. The molecule has 1 aromatic carbocycles. The smallest absolute Gasteiger partial charge is 0.137 e. The van der Waals surface area contributed by atoms with Crippen molar-refractivity contribution in [2.75, 3.05) is 13.3 Å². The first kappa shape index (κ1) is 10.6. The van der Waals surface area contributed by atoms with Crippen LogP contribution in [-0.2, 0) is 4.74 Å². The molecule has 1 atom stereocenters. The van der Waals surface area contributed by atoms with Crippen molar-refractivity contribution in [1.29, 1.82) is 5.26 Å². The van der Waals surface area contributed by atoms with Gasteiger partial charge in [-0.1, -0.05) is 5.22 Å². The molecule has 0 bridgehead atoms. The van der Waals surface area contributed by atoms with Gasteiger partial charge in [-0.05, 0) is 31.2 Å². The summed E-state index contributed by atoms with van der Waals surface area (Å²) in [5, 5.41) is 18.6. The zero-order valence-corrected chi connectivity index (χ0v) is 9.00. The van der Waals surface area contributed by atoms with Crippen LogP contribution in [0.4, 0.5) is 5.69 Å². The fourth-order valence-electron chi connectivity index (χ4n) is 1.36. The summed E-state index contributed by atoms with van der Waals surface area (Å²) < 4.78 is 5.22. The lowest BCUT2D eigenvalue weighted by Crippen LogP contribution is -2.21. The van der Waals surface area contributed by atoms with Gasteiger partial charge in [-0.15, -0.1) is 5.11 Å². The first-order chi connectivity index (χ1) is 7.79. The number of rotatable bonds is 2. The summed E-state index contributed by atoms with van der Waals surface area (Å²) in [5.41, 5.74) is 1.36. The molecule has 2 rings (SSSR count). The van der Waals surface area contributed by atoms with Gasteiger partial charge in [0.05, 0.1) is 30.0 Å². The number of ether oxygens (including phenoxy) is 1. The van der Waals surface area contributed by atoms with Crippen molar-refractivity contribution in [3.63, 3.8) is 0 Å². The minimum Gasteiger partial charge on any atom is -0.357 e. The Morgan fingerprint density at radius 2 is 2.19 bits per heavy atom. The molecule has 1 saturated heterocycles. The molecule has 1 aromatic rings. The average Bonchev–Trinajstić information content (AvgIpc) is 2.73. The highest BCUT2D eigenvalue weighted by Gasteiger charge is 2.18. The summed E-state index contributed by atoms with van der Waals surface area (Å²) in [6.07, 6.45) is 0. The second kappa shape index (κ2) is 4.73. The average molecular weight is 216 g/mol. The third-order valence-electron chi connectivity index (χ3n) is 2.36. The predicted molar refractivity (Wildman–Crippen MR) is 57.8 cm³/mol. The Labute approximate surface area is 93.9 Å². The molecule has 1 aliphatic heterocycles. The molecule has 0 amide bonds. The van der Waals surface area contributed by atoms with Gasteiger partial charge in [-0.25, -0.2) is 5.01 Å². The molecule has 0 spiro atoms. The zero-order valence-electron chi connectivity index (χ0n) is 9.00. The first-order valence-corrected chi connectivity index (χ1v) is 5.06. The van der Waals surface area contributed by atoms with E-state index in [0.29, 0.717) is 18.9 Å². The van der Waals surface area contributed by atoms with Crippen molar-refractivity contribution in [3.05, 3.63) is 29.8 Å². The van der Waals surface area contributed by atoms with Crippen LogP contribution < -0.4 is 0 Å². The monoisotopic (exact) mass is 216 g/mol. The van der Waals surface area contributed by atoms with Gasteiger partial charge < -0.3 is 4.74 Å². The molecule has 0 unspecified atom stereocenters. The number of hydrogen-bond donors (Lipinski definition) is 0. The molecule has 1 aliphatic rings. The third kappa shape index (κ3) is 2.35. The van der Waals surface area contributed by atoms with E-state index in [1.54, 1.807) is 29.3 Å². The lowest BCUT2D eigenvalue weighted by molar-refractivity contribution is 0.136. The van der Waals surface area contributed by atoms with Crippen molar-refractivity contribution in [3.8, 4) is 6.07 Å². The lowest BCUT2D eigenvalue weighted by Gasteiger charge is -2.11. The minimum absolute atomic E-state index is 0.266. The highest BCUT2D eigenvalue weighted by molar-refractivity contribution is 5.41. The Kier molecular flexibility index (Phi) is 3.13. The Bertz CT molecular complexity index is 421. The topological polar surface area (TPSA) is 61.0 Å². The standard InChI is InChI=1S/C11H12N4O/c1-9-7-16-8-15(9)14-13-11-4-2-10(6-12)3-5-11/h2-5,9H,7-8H2,1H3/t9-/m0/s1. The largest absolute Gasteiger partial charge is 0.357 e. The number of hydrogen-bond acceptors (Lipinski definition) is 4. The van der Waals surface area contributed by atoms with E-state index >= 15 is 0 Å². The van der Waals surface area contributed by atoms with Crippen LogP contribution in [0.5, 0.6) is 0 Å². The molecule has 0 aliphatic carbocycles. The third-order valence-corrected chi connectivity index (χ3v) is 2.36. The summed E-state index contributed by atoms with van der Waals surface area (Å²) in [6, 6.07) is 9.30. The summed E-state index contributed by atoms with van der Waals surface area (Å²) >= 11 is 0. The van der Waals surface area contributed by atoms with Gasteiger partial charge in [-0.2, -0.15) is 5.26 Å². The number of benzene rings is 1. The van der Waals surface area contributed by atoms with Crippen LogP contribution in [0.25, 0.3) is 0 Å². The van der Waals surface area contributed by atoms with Crippen molar-refractivity contribution in [1.82, 2.24) is 5.01 Å². The summed E-state index contributed by atoms with van der Waals surface area (Å²) in [5.74, 6) is 0. The Hall–Kier alpha value is -1.93. The molecule has 5 heteroatoms. The van der Waals surface area contributed by atoms with E-state index in [1.165, 1.54) is 0 Å². The van der Waals surface area contributed by atoms with Crippen LogP contribution in [0, 0.1) is 11.3 Å². The van der Waals surface area contributed by atoms with Crippen molar-refractivity contribution in [2.24, 2.45) is 10.3 Å². The molecular weight excluding hydrogens is 204 g/mol. The van der Waals surface area contributed by atoms with Crippen LogP contribution in [0.1, 0.15) is 12.5 Å². The van der Waals surface area contributed by atoms with E-state index in [0.717, 1.165) is 5.69 Å². The Balaban J connectivity index is 2.03. The molecule has 0 radical (unpaired) electrons. The van der Waals surface area contributed by atoms with E-state index < -0.39 is 0 Å². The van der Waals surface area contributed by atoms with Crippen molar-refractivity contribution in [2.45, 2.75) is 13.0 Å². The first-order valence-electron chi connectivity index (χ1n) is 5.06. The maximum atomic E-state index is 8.64. The van der Waals surface area contributed by atoms with Gasteiger partial charge in [-0.3, -0.25) is 0 Å². The van der Waals surface area contributed by atoms with Crippen LogP contribution in [-0.4, -0.2) is 24.4 Å². The van der Waals surface area contributed by atoms with Gasteiger partial charge in [0, 0.05) is 0 Å². The predicted octanol–water partition coefficient (Wildman–Crippen LogP) is 2.24. The Morgan fingerprint density at radius 1 is 1.44 bits per heavy atom. The summed E-state index contributed by atoms with van der Waals surface area (Å²) in [7, 11) is 0. The van der Waals surface area contributed by atoms with Gasteiger partial charge >= 0.3 is 0 Å². The maximum absolute atomic E-state index is 8.64. The van der Waals surface area contributed by atoms with Gasteiger partial charge in [0.25, 0.3) is 0 Å². The van der Waals surface area contributed by atoms with Crippen LogP contribution >= 0.6 is 0 Å². The van der Waals surface area contributed by atoms with E-state index in [4.69, 9.17) is 10.00 Å².